The smallest absolute Gasteiger partial charge is 0.212 e. The number of carbonyl (C=O) groups is 1. The zero-order valence-corrected chi connectivity index (χ0v) is 11.4. The molecule has 2 aromatic rings. The van der Waals surface area contributed by atoms with Gasteiger partial charge < -0.3 is 4.74 Å². The predicted octanol–water partition coefficient (Wildman–Crippen LogP) is 3.13. The van der Waals surface area contributed by atoms with Crippen molar-refractivity contribution < 1.29 is 9.53 Å². The molecule has 0 saturated carbocycles. The normalized spacial score (nSPS) is 10.3. The first-order chi connectivity index (χ1) is 9.10. The summed E-state index contributed by atoms with van der Waals surface area (Å²) in [7, 11) is 1.57. The lowest BCUT2D eigenvalue weighted by atomic mass is 9.98. The van der Waals surface area contributed by atoms with E-state index in [9.17, 15) is 4.79 Å². The van der Waals surface area contributed by atoms with Crippen LogP contribution in [0.25, 0.3) is 0 Å². The molecular weight excluding hydrogens is 238 g/mol. The minimum absolute atomic E-state index is 0.119. The second kappa shape index (κ2) is 5.65. The molecule has 98 valence electrons. The number of hydrogen-bond donors (Lipinski definition) is 0. The molecule has 0 atom stereocenters. The number of methoxy groups -OCH3 is 1. The standard InChI is InChI=1S/C16H17NO2/c1-11-4-5-12(2)14(8-11)15(18)9-13-6-7-16(19-3)17-10-13/h4-8,10H,9H2,1-3H3. The minimum atomic E-state index is 0.119. The van der Waals surface area contributed by atoms with Gasteiger partial charge in [-0.3, -0.25) is 4.79 Å². The molecule has 0 saturated heterocycles. The summed E-state index contributed by atoms with van der Waals surface area (Å²) in [4.78, 5) is 16.4. The van der Waals surface area contributed by atoms with Gasteiger partial charge in [0.1, 0.15) is 0 Å². The third-order valence-electron chi connectivity index (χ3n) is 3.06. The maximum Gasteiger partial charge on any atom is 0.212 e. The number of aromatic nitrogens is 1. The third-order valence-corrected chi connectivity index (χ3v) is 3.06. The molecule has 0 spiro atoms. The number of ketones is 1. The van der Waals surface area contributed by atoms with E-state index >= 15 is 0 Å². The van der Waals surface area contributed by atoms with Crippen molar-refractivity contribution >= 4 is 5.78 Å². The maximum absolute atomic E-state index is 12.3. The average Bonchev–Trinajstić information content (AvgIpc) is 2.42. The monoisotopic (exact) mass is 255 g/mol. The van der Waals surface area contributed by atoms with E-state index in [0.717, 1.165) is 22.3 Å². The van der Waals surface area contributed by atoms with Crippen LogP contribution >= 0.6 is 0 Å². The molecule has 0 bridgehead atoms. The van der Waals surface area contributed by atoms with Gasteiger partial charge in [-0.2, -0.15) is 0 Å². The molecule has 19 heavy (non-hydrogen) atoms. The Labute approximate surface area is 113 Å². The Kier molecular flexibility index (Phi) is 3.95. The number of pyridine rings is 1. The highest BCUT2D eigenvalue weighted by Crippen LogP contribution is 2.15. The summed E-state index contributed by atoms with van der Waals surface area (Å²) >= 11 is 0. The Morgan fingerprint density at radius 1 is 1.21 bits per heavy atom. The van der Waals surface area contributed by atoms with E-state index < -0.39 is 0 Å². The number of ether oxygens (including phenoxy) is 1. The van der Waals surface area contributed by atoms with E-state index in [1.54, 1.807) is 19.4 Å². The van der Waals surface area contributed by atoms with Crippen LogP contribution in [0.2, 0.25) is 0 Å². The summed E-state index contributed by atoms with van der Waals surface area (Å²) in [6.45, 7) is 3.95. The molecule has 0 radical (unpaired) electrons. The zero-order chi connectivity index (χ0) is 13.8. The zero-order valence-electron chi connectivity index (χ0n) is 11.4. The number of carbonyl (C=O) groups excluding carboxylic acids is 1. The first-order valence-corrected chi connectivity index (χ1v) is 6.19. The molecule has 0 aliphatic carbocycles. The lowest BCUT2D eigenvalue weighted by Gasteiger charge is -2.06. The molecule has 1 heterocycles. The van der Waals surface area contributed by atoms with Crippen molar-refractivity contribution in [2.75, 3.05) is 7.11 Å². The van der Waals surface area contributed by atoms with Gasteiger partial charge in [-0.1, -0.05) is 23.8 Å². The van der Waals surface area contributed by atoms with Crippen LogP contribution in [0.1, 0.15) is 27.0 Å². The molecule has 0 fully saturated rings. The van der Waals surface area contributed by atoms with E-state index in [4.69, 9.17) is 4.74 Å². The van der Waals surface area contributed by atoms with Crippen molar-refractivity contribution in [3.63, 3.8) is 0 Å². The Hall–Kier alpha value is -2.16. The molecule has 0 aliphatic rings. The highest BCUT2D eigenvalue weighted by atomic mass is 16.5. The molecule has 1 aromatic carbocycles. The van der Waals surface area contributed by atoms with Crippen molar-refractivity contribution in [3.8, 4) is 5.88 Å². The Bertz CT molecular complexity index is 588. The molecule has 1 aromatic heterocycles. The van der Waals surface area contributed by atoms with Crippen LogP contribution in [0.3, 0.4) is 0 Å². The van der Waals surface area contributed by atoms with Crippen LogP contribution in [-0.2, 0) is 6.42 Å². The molecule has 0 unspecified atom stereocenters. The highest BCUT2D eigenvalue weighted by molar-refractivity contribution is 5.98. The van der Waals surface area contributed by atoms with Crippen molar-refractivity contribution in [2.24, 2.45) is 0 Å². The SMILES string of the molecule is COc1ccc(CC(=O)c2cc(C)ccc2C)cn1. The number of nitrogens with zero attached hydrogens (tertiary/aromatic N) is 1. The molecular formula is C16H17NO2. The van der Waals surface area contributed by atoms with Crippen LogP contribution in [0, 0.1) is 13.8 Å². The van der Waals surface area contributed by atoms with Gasteiger partial charge in [-0.15, -0.1) is 0 Å². The quantitative estimate of drug-likeness (QED) is 0.788. The summed E-state index contributed by atoms with van der Waals surface area (Å²) in [5.41, 5.74) is 3.79. The fourth-order valence-corrected chi connectivity index (χ4v) is 1.95. The number of Topliss-reactive ketones (excluding diaryl/α,β-unsaturated/α-hetero) is 1. The largest absolute Gasteiger partial charge is 0.481 e. The van der Waals surface area contributed by atoms with Gasteiger partial charge in [0, 0.05) is 24.2 Å². The fourth-order valence-electron chi connectivity index (χ4n) is 1.95. The predicted molar refractivity (Wildman–Crippen MR) is 74.7 cm³/mol. The van der Waals surface area contributed by atoms with Crippen molar-refractivity contribution in [1.82, 2.24) is 4.98 Å². The number of rotatable bonds is 4. The maximum atomic E-state index is 12.3. The Morgan fingerprint density at radius 3 is 2.63 bits per heavy atom. The highest BCUT2D eigenvalue weighted by Gasteiger charge is 2.10. The first-order valence-electron chi connectivity index (χ1n) is 6.19. The molecule has 3 nitrogen and oxygen atoms in total. The van der Waals surface area contributed by atoms with Crippen LogP contribution in [0.4, 0.5) is 0 Å². The van der Waals surface area contributed by atoms with Crippen LogP contribution < -0.4 is 4.74 Å². The van der Waals surface area contributed by atoms with E-state index in [0.29, 0.717) is 12.3 Å². The van der Waals surface area contributed by atoms with Crippen LogP contribution in [0.5, 0.6) is 5.88 Å². The van der Waals surface area contributed by atoms with Crippen molar-refractivity contribution in [3.05, 3.63) is 58.8 Å². The van der Waals surface area contributed by atoms with E-state index in [1.807, 2.05) is 38.1 Å². The molecule has 0 amide bonds. The van der Waals surface area contributed by atoms with Gasteiger partial charge in [0.25, 0.3) is 0 Å². The number of hydrogen-bond acceptors (Lipinski definition) is 3. The van der Waals surface area contributed by atoms with Crippen molar-refractivity contribution in [2.45, 2.75) is 20.3 Å². The van der Waals surface area contributed by atoms with Crippen molar-refractivity contribution in [1.29, 1.82) is 0 Å². The van der Waals surface area contributed by atoms with E-state index in [-0.39, 0.29) is 5.78 Å². The second-order valence-electron chi connectivity index (χ2n) is 4.63. The second-order valence-corrected chi connectivity index (χ2v) is 4.63. The van der Waals surface area contributed by atoms with E-state index in [1.165, 1.54) is 0 Å². The molecule has 0 N–H and O–H groups in total. The summed E-state index contributed by atoms with van der Waals surface area (Å²) < 4.78 is 5.00. The van der Waals surface area contributed by atoms with E-state index in [2.05, 4.69) is 4.98 Å². The lowest BCUT2D eigenvalue weighted by Crippen LogP contribution is -2.06. The van der Waals surface area contributed by atoms with Gasteiger partial charge in [0.15, 0.2) is 5.78 Å². The van der Waals surface area contributed by atoms with Gasteiger partial charge in [0.2, 0.25) is 5.88 Å². The molecule has 0 aliphatic heterocycles. The Balaban J connectivity index is 2.18. The molecule has 2 rings (SSSR count). The summed E-state index contributed by atoms with van der Waals surface area (Å²) in [6, 6.07) is 9.57. The van der Waals surface area contributed by atoms with Gasteiger partial charge in [0.05, 0.1) is 7.11 Å². The molecule has 3 heteroatoms. The third kappa shape index (κ3) is 3.19. The summed E-state index contributed by atoms with van der Waals surface area (Å²) in [5, 5.41) is 0. The fraction of sp³-hybridized carbons (Fsp3) is 0.250. The topological polar surface area (TPSA) is 39.2 Å². The number of benzene rings is 1. The minimum Gasteiger partial charge on any atom is -0.481 e. The van der Waals surface area contributed by atoms with Gasteiger partial charge in [-0.05, 0) is 31.0 Å². The average molecular weight is 255 g/mol. The Morgan fingerprint density at radius 2 is 2.00 bits per heavy atom. The lowest BCUT2D eigenvalue weighted by molar-refractivity contribution is 0.0992. The summed E-state index contributed by atoms with van der Waals surface area (Å²) in [5.74, 6) is 0.677. The number of aryl methyl sites for hydroxylation is 2. The first kappa shape index (κ1) is 13.3. The van der Waals surface area contributed by atoms with Gasteiger partial charge >= 0.3 is 0 Å². The van der Waals surface area contributed by atoms with Crippen LogP contribution in [-0.4, -0.2) is 17.9 Å². The van der Waals surface area contributed by atoms with Gasteiger partial charge in [-0.25, -0.2) is 4.98 Å². The van der Waals surface area contributed by atoms with Crippen LogP contribution in [0.15, 0.2) is 36.5 Å². The summed E-state index contributed by atoms with van der Waals surface area (Å²) in [6.07, 6.45) is 2.04.